The third kappa shape index (κ3) is 3.34. The van der Waals surface area contributed by atoms with Gasteiger partial charge in [0.05, 0.1) is 0 Å². The zero-order valence-corrected chi connectivity index (χ0v) is 11.5. The molecule has 0 aliphatic rings. The highest BCUT2D eigenvalue weighted by molar-refractivity contribution is 5.28. The van der Waals surface area contributed by atoms with E-state index in [1.54, 1.807) is 0 Å². The summed E-state index contributed by atoms with van der Waals surface area (Å²) in [5.74, 6) is 0. The Balaban J connectivity index is 2.73. The highest BCUT2D eigenvalue weighted by Gasteiger charge is 2.21. The van der Waals surface area contributed by atoms with Crippen LogP contribution in [0.5, 0.6) is 0 Å². The van der Waals surface area contributed by atoms with Crippen molar-refractivity contribution in [1.29, 1.82) is 0 Å². The second-order valence-electron chi connectivity index (χ2n) is 5.83. The van der Waals surface area contributed by atoms with Gasteiger partial charge in [0.2, 0.25) is 0 Å². The van der Waals surface area contributed by atoms with Crippen LogP contribution in [0, 0.1) is 12.3 Å². The quantitative estimate of drug-likeness (QED) is 0.807. The fourth-order valence-electron chi connectivity index (χ4n) is 1.79. The van der Waals surface area contributed by atoms with E-state index in [1.165, 1.54) is 11.1 Å². The van der Waals surface area contributed by atoms with Crippen molar-refractivity contribution in [3.8, 4) is 0 Å². The zero-order valence-electron chi connectivity index (χ0n) is 11.5. The number of nitrogens with one attached hydrogen (secondary N) is 1. The lowest BCUT2D eigenvalue weighted by molar-refractivity contribution is 0.268. The van der Waals surface area contributed by atoms with Gasteiger partial charge in [0.25, 0.3) is 0 Å². The Bertz CT molecular complexity index is 336. The molecule has 2 atom stereocenters. The Labute approximate surface area is 100 Å². The van der Waals surface area contributed by atoms with Crippen LogP contribution in [0.3, 0.4) is 0 Å². The summed E-state index contributed by atoms with van der Waals surface area (Å²) in [7, 11) is 0. The molecule has 0 spiro atoms. The summed E-state index contributed by atoms with van der Waals surface area (Å²) < 4.78 is 0. The SMILES string of the molecule is Cc1ccccc1C(C)NC(C)C(C)(C)C. The average Bonchev–Trinajstić information content (AvgIpc) is 2.16. The van der Waals surface area contributed by atoms with Gasteiger partial charge in [-0.05, 0) is 37.3 Å². The van der Waals surface area contributed by atoms with Crippen LogP contribution >= 0.6 is 0 Å². The summed E-state index contributed by atoms with van der Waals surface area (Å²) in [6.07, 6.45) is 0. The molecule has 0 bridgehead atoms. The van der Waals surface area contributed by atoms with Crippen LogP contribution < -0.4 is 5.32 Å². The number of rotatable bonds is 3. The van der Waals surface area contributed by atoms with Crippen molar-refractivity contribution in [3.05, 3.63) is 35.4 Å². The van der Waals surface area contributed by atoms with Crippen molar-refractivity contribution in [2.75, 3.05) is 0 Å². The van der Waals surface area contributed by atoms with E-state index in [9.17, 15) is 0 Å². The fraction of sp³-hybridized carbons (Fsp3) is 0.600. The Morgan fingerprint density at radius 3 is 2.12 bits per heavy atom. The van der Waals surface area contributed by atoms with Crippen LogP contribution in [0.25, 0.3) is 0 Å². The van der Waals surface area contributed by atoms with E-state index in [0.717, 1.165) is 0 Å². The van der Waals surface area contributed by atoms with Gasteiger partial charge in [-0.2, -0.15) is 0 Å². The van der Waals surface area contributed by atoms with Gasteiger partial charge < -0.3 is 5.32 Å². The van der Waals surface area contributed by atoms with E-state index in [4.69, 9.17) is 0 Å². The molecule has 0 radical (unpaired) electrons. The molecule has 1 aromatic rings. The first kappa shape index (κ1) is 13.2. The van der Waals surface area contributed by atoms with E-state index in [0.29, 0.717) is 17.5 Å². The molecule has 1 N–H and O–H groups in total. The van der Waals surface area contributed by atoms with Gasteiger partial charge in [-0.3, -0.25) is 0 Å². The van der Waals surface area contributed by atoms with Crippen LogP contribution in [0.1, 0.15) is 51.8 Å². The molecule has 0 heterocycles. The van der Waals surface area contributed by atoms with E-state index in [-0.39, 0.29) is 0 Å². The molecular formula is C15H25N. The first-order valence-electron chi connectivity index (χ1n) is 6.14. The van der Waals surface area contributed by atoms with E-state index >= 15 is 0 Å². The highest BCUT2D eigenvalue weighted by atomic mass is 15.0. The third-order valence-corrected chi connectivity index (χ3v) is 3.45. The molecule has 2 unspecified atom stereocenters. The zero-order chi connectivity index (χ0) is 12.3. The van der Waals surface area contributed by atoms with Crippen molar-refractivity contribution in [3.63, 3.8) is 0 Å². The molecule has 0 fully saturated rings. The largest absolute Gasteiger partial charge is 0.307 e. The topological polar surface area (TPSA) is 12.0 Å². The molecule has 0 aliphatic carbocycles. The van der Waals surface area contributed by atoms with Crippen molar-refractivity contribution < 1.29 is 0 Å². The molecule has 0 saturated carbocycles. The normalized spacial score (nSPS) is 15.9. The molecule has 16 heavy (non-hydrogen) atoms. The summed E-state index contributed by atoms with van der Waals surface area (Å²) in [6.45, 7) is 13.5. The molecule has 1 heteroatoms. The lowest BCUT2D eigenvalue weighted by Crippen LogP contribution is -2.39. The summed E-state index contributed by atoms with van der Waals surface area (Å²) in [5, 5.41) is 3.68. The smallest absolute Gasteiger partial charge is 0.0297 e. The maximum Gasteiger partial charge on any atom is 0.0297 e. The van der Waals surface area contributed by atoms with Gasteiger partial charge in [0.15, 0.2) is 0 Å². The van der Waals surface area contributed by atoms with Crippen molar-refractivity contribution >= 4 is 0 Å². The maximum atomic E-state index is 3.68. The van der Waals surface area contributed by atoms with E-state index in [2.05, 4.69) is 71.1 Å². The molecule has 0 aliphatic heterocycles. The van der Waals surface area contributed by atoms with Gasteiger partial charge in [-0.15, -0.1) is 0 Å². The first-order chi connectivity index (χ1) is 7.32. The van der Waals surface area contributed by atoms with Crippen molar-refractivity contribution in [2.24, 2.45) is 5.41 Å². The van der Waals surface area contributed by atoms with Crippen molar-refractivity contribution in [2.45, 2.75) is 53.6 Å². The van der Waals surface area contributed by atoms with E-state index < -0.39 is 0 Å². The van der Waals surface area contributed by atoms with Gasteiger partial charge >= 0.3 is 0 Å². The lowest BCUT2D eigenvalue weighted by Gasteiger charge is -2.31. The predicted octanol–water partition coefficient (Wildman–Crippen LogP) is 4.08. The minimum absolute atomic E-state index is 0.303. The van der Waals surface area contributed by atoms with Crippen LogP contribution in [-0.2, 0) is 0 Å². The van der Waals surface area contributed by atoms with Crippen LogP contribution in [0.4, 0.5) is 0 Å². The second-order valence-corrected chi connectivity index (χ2v) is 5.83. The summed E-state index contributed by atoms with van der Waals surface area (Å²) >= 11 is 0. The number of hydrogen-bond acceptors (Lipinski definition) is 1. The molecule has 1 rings (SSSR count). The molecule has 1 nitrogen and oxygen atoms in total. The minimum atomic E-state index is 0.303. The molecule has 0 saturated heterocycles. The Morgan fingerprint density at radius 2 is 1.62 bits per heavy atom. The summed E-state index contributed by atoms with van der Waals surface area (Å²) in [4.78, 5) is 0. The lowest BCUT2D eigenvalue weighted by atomic mass is 9.87. The minimum Gasteiger partial charge on any atom is -0.307 e. The van der Waals surface area contributed by atoms with Crippen molar-refractivity contribution in [1.82, 2.24) is 5.32 Å². The molecular weight excluding hydrogens is 194 g/mol. The number of benzene rings is 1. The first-order valence-corrected chi connectivity index (χ1v) is 6.14. The Kier molecular flexibility index (Phi) is 4.15. The summed E-state index contributed by atoms with van der Waals surface area (Å²) in [6, 6.07) is 9.51. The summed E-state index contributed by atoms with van der Waals surface area (Å²) in [5.41, 5.74) is 3.07. The standard InChI is InChI=1S/C15H25N/c1-11-9-7-8-10-14(11)12(2)16-13(3)15(4,5)6/h7-10,12-13,16H,1-6H3. The van der Waals surface area contributed by atoms with Crippen LogP contribution in [-0.4, -0.2) is 6.04 Å². The highest BCUT2D eigenvalue weighted by Crippen LogP contribution is 2.23. The molecule has 0 amide bonds. The molecule has 0 aromatic heterocycles. The molecule has 1 aromatic carbocycles. The number of hydrogen-bond donors (Lipinski definition) is 1. The Morgan fingerprint density at radius 1 is 1.06 bits per heavy atom. The fourth-order valence-corrected chi connectivity index (χ4v) is 1.79. The average molecular weight is 219 g/mol. The Hall–Kier alpha value is -0.820. The van der Waals surface area contributed by atoms with E-state index in [1.807, 2.05) is 0 Å². The van der Waals surface area contributed by atoms with Crippen LogP contribution in [0.15, 0.2) is 24.3 Å². The number of aryl methyl sites for hydroxylation is 1. The maximum absolute atomic E-state index is 3.68. The second kappa shape index (κ2) is 5.01. The van der Waals surface area contributed by atoms with Gasteiger partial charge in [0.1, 0.15) is 0 Å². The monoisotopic (exact) mass is 219 g/mol. The van der Waals surface area contributed by atoms with Gasteiger partial charge in [-0.1, -0.05) is 45.0 Å². The van der Waals surface area contributed by atoms with Gasteiger partial charge in [0, 0.05) is 12.1 Å². The predicted molar refractivity (Wildman–Crippen MR) is 71.6 cm³/mol. The van der Waals surface area contributed by atoms with Gasteiger partial charge in [-0.25, -0.2) is 0 Å². The van der Waals surface area contributed by atoms with Crippen LogP contribution in [0.2, 0.25) is 0 Å². The third-order valence-electron chi connectivity index (χ3n) is 3.45. The molecule has 90 valence electrons.